The third-order valence-corrected chi connectivity index (χ3v) is 4.57. The van der Waals surface area contributed by atoms with Crippen LogP contribution in [0.2, 0.25) is 0 Å². The summed E-state index contributed by atoms with van der Waals surface area (Å²) in [6.07, 6.45) is 1.26. The Balaban J connectivity index is 1.68. The van der Waals surface area contributed by atoms with E-state index in [9.17, 15) is 9.59 Å². The number of nitrogens with zero attached hydrogens (tertiary/aromatic N) is 1. The number of likely N-dealkylation sites (tertiary alicyclic amines) is 1. The number of carbonyl (C=O) groups excluding carboxylic acids is 2. The Labute approximate surface area is 147 Å². The molecule has 5 nitrogen and oxygen atoms in total. The SMILES string of the molecule is NC(=O)C1CCN(C(=O)c2ccccc2COc2ccccc2)CC1. The molecule has 5 heteroatoms. The first-order valence-electron chi connectivity index (χ1n) is 8.49. The summed E-state index contributed by atoms with van der Waals surface area (Å²) in [5.74, 6) is 0.353. The van der Waals surface area contributed by atoms with E-state index in [1.807, 2.05) is 54.6 Å². The standard InChI is InChI=1S/C20H22N2O3/c21-19(23)15-10-12-22(13-11-15)20(24)18-9-5-4-6-16(18)14-25-17-7-2-1-3-8-17/h1-9,15H,10-14H2,(H2,21,23). The summed E-state index contributed by atoms with van der Waals surface area (Å²) < 4.78 is 5.79. The van der Waals surface area contributed by atoms with Crippen molar-refractivity contribution in [3.8, 4) is 5.75 Å². The van der Waals surface area contributed by atoms with E-state index < -0.39 is 0 Å². The average Bonchev–Trinajstić information content (AvgIpc) is 2.67. The van der Waals surface area contributed by atoms with Crippen LogP contribution in [0, 0.1) is 5.92 Å². The summed E-state index contributed by atoms with van der Waals surface area (Å²) in [6.45, 7) is 1.45. The summed E-state index contributed by atoms with van der Waals surface area (Å²) in [6, 6.07) is 17.0. The van der Waals surface area contributed by atoms with Crippen molar-refractivity contribution in [3.05, 3.63) is 65.7 Å². The minimum absolute atomic E-state index is 0.0183. The van der Waals surface area contributed by atoms with Gasteiger partial charge in [-0.15, -0.1) is 0 Å². The first-order valence-corrected chi connectivity index (χ1v) is 8.49. The molecule has 25 heavy (non-hydrogen) atoms. The molecule has 0 atom stereocenters. The van der Waals surface area contributed by atoms with Crippen LogP contribution in [0.3, 0.4) is 0 Å². The summed E-state index contributed by atoms with van der Waals surface area (Å²) >= 11 is 0. The number of carbonyl (C=O) groups is 2. The van der Waals surface area contributed by atoms with Gasteiger partial charge in [0, 0.05) is 30.1 Å². The molecule has 1 saturated heterocycles. The predicted molar refractivity (Wildman–Crippen MR) is 95.0 cm³/mol. The van der Waals surface area contributed by atoms with Gasteiger partial charge in [0.15, 0.2) is 0 Å². The van der Waals surface area contributed by atoms with E-state index in [4.69, 9.17) is 10.5 Å². The third-order valence-electron chi connectivity index (χ3n) is 4.57. The predicted octanol–water partition coefficient (Wildman–Crippen LogP) is 2.60. The highest BCUT2D eigenvalue weighted by molar-refractivity contribution is 5.95. The molecular formula is C20H22N2O3. The number of amides is 2. The van der Waals surface area contributed by atoms with Crippen LogP contribution in [0.4, 0.5) is 0 Å². The molecule has 3 rings (SSSR count). The number of hydrogen-bond donors (Lipinski definition) is 1. The van der Waals surface area contributed by atoms with Crippen molar-refractivity contribution in [1.82, 2.24) is 4.90 Å². The smallest absolute Gasteiger partial charge is 0.254 e. The zero-order valence-corrected chi connectivity index (χ0v) is 14.1. The van der Waals surface area contributed by atoms with E-state index in [-0.39, 0.29) is 17.7 Å². The molecule has 0 spiro atoms. The first-order chi connectivity index (χ1) is 12.1. The molecule has 0 aliphatic carbocycles. The van der Waals surface area contributed by atoms with Crippen molar-refractivity contribution in [3.63, 3.8) is 0 Å². The molecule has 0 bridgehead atoms. The lowest BCUT2D eigenvalue weighted by molar-refractivity contribution is -0.123. The van der Waals surface area contributed by atoms with Crippen molar-refractivity contribution >= 4 is 11.8 Å². The van der Waals surface area contributed by atoms with Gasteiger partial charge in [0.25, 0.3) is 5.91 Å². The monoisotopic (exact) mass is 338 g/mol. The fraction of sp³-hybridized carbons (Fsp3) is 0.300. The van der Waals surface area contributed by atoms with E-state index in [0.717, 1.165) is 11.3 Å². The Morgan fingerprint density at radius 2 is 1.64 bits per heavy atom. The highest BCUT2D eigenvalue weighted by Crippen LogP contribution is 2.21. The second kappa shape index (κ2) is 7.83. The highest BCUT2D eigenvalue weighted by atomic mass is 16.5. The number of nitrogens with two attached hydrogens (primary N) is 1. The molecule has 2 amide bonds. The summed E-state index contributed by atoms with van der Waals surface area (Å²) in [7, 11) is 0. The van der Waals surface area contributed by atoms with E-state index in [0.29, 0.717) is 38.1 Å². The van der Waals surface area contributed by atoms with Crippen LogP contribution in [0.1, 0.15) is 28.8 Å². The van der Waals surface area contributed by atoms with E-state index >= 15 is 0 Å². The maximum Gasteiger partial charge on any atom is 0.254 e. The number of rotatable bonds is 5. The fourth-order valence-corrected chi connectivity index (χ4v) is 3.07. The van der Waals surface area contributed by atoms with Gasteiger partial charge in [-0.1, -0.05) is 36.4 Å². The van der Waals surface area contributed by atoms with Gasteiger partial charge in [-0.3, -0.25) is 9.59 Å². The zero-order valence-electron chi connectivity index (χ0n) is 14.1. The fourth-order valence-electron chi connectivity index (χ4n) is 3.07. The molecule has 1 aliphatic heterocycles. The second-order valence-electron chi connectivity index (χ2n) is 6.23. The van der Waals surface area contributed by atoms with Crippen molar-refractivity contribution in [2.24, 2.45) is 11.7 Å². The minimum Gasteiger partial charge on any atom is -0.489 e. The highest BCUT2D eigenvalue weighted by Gasteiger charge is 2.27. The number of primary amides is 1. The molecule has 2 N–H and O–H groups in total. The largest absolute Gasteiger partial charge is 0.489 e. The number of benzene rings is 2. The topological polar surface area (TPSA) is 72.6 Å². The zero-order chi connectivity index (χ0) is 17.6. The Hall–Kier alpha value is -2.82. The Bertz CT molecular complexity index is 738. The van der Waals surface area contributed by atoms with Crippen LogP contribution in [-0.4, -0.2) is 29.8 Å². The normalized spacial score (nSPS) is 15.0. The Morgan fingerprint density at radius 1 is 1.00 bits per heavy atom. The van der Waals surface area contributed by atoms with Crippen LogP contribution in [0.15, 0.2) is 54.6 Å². The van der Waals surface area contributed by atoms with Crippen molar-refractivity contribution in [2.45, 2.75) is 19.4 Å². The lowest BCUT2D eigenvalue weighted by Gasteiger charge is -2.31. The molecule has 2 aromatic carbocycles. The van der Waals surface area contributed by atoms with Gasteiger partial charge in [0.05, 0.1) is 0 Å². The van der Waals surface area contributed by atoms with Gasteiger partial charge < -0.3 is 15.4 Å². The van der Waals surface area contributed by atoms with Crippen LogP contribution in [0.5, 0.6) is 5.75 Å². The minimum atomic E-state index is -0.274. The molecule has 0 saturated carbocycles. The molecular weight excluding hydrogens is 316 g/mol. The maximum atomic E-state index is 12.9. The van der Waals surface area contributed by atoms with Crippen LogP contribution >= 0.6 is 0 Å². The molecule has 1 fully saturated rings. The molecule has 1 aliphatic rings. The summed E-state index contributed by atoms with van der Waals surface area (Å²) in [5, 5.41) is 0. The third kappa shape index (κ3) is 4.18. The van der Waals surface area contributed by atoms with Crippen LogP contribution in [-0.2, 0) is 11.4 Å². The summed E-state index contributed by atoms with van der Waals surface area (Å²) in [4.78, 5) is 25.9. The molecule has 2 aromatic rings. The van der Waals surface area contributed by atoms with Gasteiger partial charge in [-0.2, -0.15) is 0 Å². The molecule has 0 radical (unpaired) electrons. The second-order valence-corrected chi connectivity index (χ2v) is 6.23. The molecule has 1 heterocycles. The lowest BCUT2D eigenvalue weighted by atomic mass is 9.95. The molecule has 130 valence electrons. The quantitative estimate of drug-likeness (QED) is 0.911. The Kier molecular flexibility index (Phi) is 5.33. The van der Waals surface area contributed by atoms with Crippen molar-refractivity contribution in [2.75, 3.05) is 13.1 Å². The van der Waals surface area contributed by atoms with Crippen LogP contribution in [0.25, 0.3) is 0 Å². The molecule has 0 unspecified atom stereocenters. The number of para-hydroxylation sites is 1. The van der Waals surface area contributed by atoms with Crippen molar-refractivity contribution in [1.29, 1.82) is 0 Å². The number of hydrogen-bond acceptors (Lipinski definition) is 3. The van der Waals surface area contributed by atoms with E-state index in [2.05, 4.69) is 0 Å². The van der Waals surface area contributed by atoms with Gasteiger partial charge >= 0.3 is 0 Å². The maximum absolute atomic E-state index is 12.9. The molecule has 0 aromatic heterocycles. The summed E-state index contributed by atoms with van der Waals surface area (Å²) in [5.41, 5.74) is 6.86. The lowest BCUT2D eigenvalue weighted by Crippen LogP contribution is -2.42. The van der Waals surface area contributed by atoms with Gasteiger partial charge in [0.2, 0.25) is 5.91 Å². The number of piperidine rings is 1. The average molecular weight is 338 g/mol. The van der Waals surface area contributed by atoms with E-state index in [1.54, 1.807) is 4.90 Å². The van der Waals surface area contributed by atoms with Crippen molar-refractivity contribution < 1.29 is 14.3 Å². The van der Waals surface area contributed by atoms with Gasteiger partial charge in [-0.25, -0.2) is 0 Å². The first kappa shape index (κ1) is 17.0. The van der Waals surface area contributed by atoms with Gasteiger partial charge in [-0.05, 0) is 31.0 Å². The van der Waals surface area contributed by atoms with E-state index in [1.165, 1.54) is 0 Å². The van der Waals surface area contributed by atoms with Gasteiger partial charge in [0.1, 0.15) is 12.4 Å². The Morgan fingerprint density at radius 3 is 2.32 bits per heavy atom. The van der Waals surface area contributed by atoms with Crippen LogP contribution < -0.4 is 10.5 Å². The number of ether oxygens (including phenoxy) is 1.